The quantitative estimate of drug-likeness (QED) is 0.0228. The molecule has 498 valence electrons. The van der Waals surface area contributed by atoms with Crippen molar-refractivity contribution in [2.45, 2.75) is 340 Å². The Labute approximate surface area is 530 Å². The average Bonchev–Trinajstić information content (AvgIpc) is 2.60. The van der Waals surface area contributed by atoms with Crippen LogP contribution >= 0.6 is 0 Å². The second-order valence-corrected chi connectivity index (χ2v) is 23.8. The third-order valence-corrected chi connectivity index (χ3v) is 15.6. The molecule has 3 N–H and O–H groups in total. The van der Waals surface area contributed by atoms with Gasteiger partial charge in [-0.2, -0.15) is 0 Å². The summed E-state index contributed by atoms with van der Waals surface area (Å²) in [4.78, 5) is 51.5. The van der Waals surface area contributed by atoms with Gasteiger partial charge in [0, 0.05) is 19.3 Å². The third kappa shape index (κ3) is 51.1. The number of carbonyl (C=O) groups excluding carboxylic acids is 3. The van der Waals surface area contributed by atoms with Crippen molar-refractivity contribution in [1.82, 2.24) is 0 Å². The first kappa shape index (κ1) is 80.7. The summed E-state index contributed by atoms with van der Waals surface area (Å²) in [6.45, 7) is 5.88. The normalized spacial score (nSPS) is 17.9. The molecular weight excluding hydrogens is 1090 g/mol. The van der Waals surface area contributed by atoms with E-state index in [2.05, 4.69) is 118 Å². The molecule has 1 rings (SSSR count). The molecule has 1 heterocycles. The zero-order valence-corrected chi connectivity index (χ0v) is 55.2. The number of unbranched alkanes of at least 4 members (excludes halogenated alkanes) is 30. The maximum Gasteiger partial charge on any atom is 0.335 e. The van der Waals surface area contributed by atoms with E-state index < -0.39 is 67.3 Å². The average molecular weight is 1220 g/mol. The Morgan fingerprint density at radius 3 is 1.14 bits per heavy atom. The Morgan fingerprint density at radius 1 is 0.391 bits per heavy atom. The number of carboxylic acids is 1. The Morgan fingerprint density at radius 2 is 0.724 bits per heavy atom. The van der Waals surface area contributed by atoms with E-state index in [4.69, 9.17) is 23.7 Å². The van der Waals surface area contributed by atoms with Gasteiger partial charge < -0.3 is 39.0 Å². The maximum atomic E-state index is 13.3. The number of allylic oxidation sites excluding steroid dienone is 16. The Balaban J connectivity index is 2.66. The highest BCUT2D eigenvalue weighted by atomic mass is 16.7. The number of hydrogen-bond acceptors (Lipinski definition) is 11. The van der Waals surface area contributed by atoms with Gasteiger partial charge in [0.1, 0.15) is 18.8 Å². The summed E-state index contributed by atoms with van der Waals surface area (Å²) in [7, 11) is 0. The lowest BCUT2D eigenvalue weighted by Gasteiger charge is -2.40. The van der Waals surface area contributed by atoms with Crippen LogP contribution in [0.3, 0.4) is 0 Å². The van der Waals surface area contributed by atoms with Crippen LogP contribution in [0.2, 0.25) is 0 Å². The number of rotatable bonds is 60. The summed E-state index contributed by atoms with van der Waals surface area (Å²) in [6, 6.07) is 0. The van der Waals surface area contributed by atoms with Crippen molar-refractivity contribution >= 4 is 23.9 Å². The van der Waals surface area contributed by atoms with E-state index in [0.29, 0.717) is 19.3 Å². The minimum Gasteiger partial charge on any atom is -0.479 e. The second-order valence-electron chi connectivity index (χ2n) is 23.8. The van der Waals surface area contributed by atoms with Gasteiger partial charge in [-0.3, -0.25) is 14.4 Å². The molecule has 0 spiro atoms. The molecule has 1 fully saturated rings. The van der Waals surface area contributed by atoms with E-state index in [-0.39, 0.29) is 25.9 Å². The van der Waals surface area contributed by atoms with Crippen LogP contribution < -0.4 is 0 Å². The molecule has 0 amide bonds. The summed E-state index contributed by atoms with van der Waals surface area (Å²) < 4.78 is 28.6. The molecule has 0 bridgehead atoms. The molecule has 1 aliphatic heterocycles. The maximum absolute atomic E-state index is 13.3. The van der Waals surface area contributed by atoms with Crippen molar-refractivity contribution in [3.63, 3.8) is 0 Å². The molecule has 0 aliphatic carbocycles. The van der Waals surface area contributed by atoms with E-state index in [1.807, 2.05) is 0 Å². The molecule has 0 radical (unpaired) electrons. The lowest BCUT2D eigenvalue weighted by atomic mass is 9.98. The summed E-state index contributed by atoms with van der Waals surface area (Å²) in [6.07, 6.45) is 70.6. The van der Waals surface area contributed by atoms with Crippen LogP contribution in [0.1, 0.15) is 303 Å². The first-order valence-electron chi connectivity index (χ1n) is 35.2. The molecule has 6 unspecified atom stereocenters. The summed E-state index contributed by atoms with van der Waals surface area (Å²) in [5.41, 5.74) is 0. The number of carboxylic acid groups (broad SMARTS) is 1. The van der Waals surface area contributed by atoms with Gasteiger partial charge in [-0.25, -0.2) is 4.79 Å². The van der Waals surface area contributed by atoms with Gasteiger partial charge in [-0.05, 0) is 122 Å². The molecule has 0 saturated carbocycles. The molecular formula is C75H126O12. The van der Waals surface area contributed by atoms with Crippen molar-refractivity contribution in [1.29, 1.82) is 0 Å². The summed E-state index contributed by atoms with van der Waals surface area (Å²) >= 11 is 0. The fourth-order valence-electron chi connectivity index (χ4n) is 10.2. The Hall–Kier alpha value is -4.36. The van der Waals surface area contributed by atoms with Crippen molar-refractivity contribution in [3.05, 3.63) is 97.2 Å². The molecule has 12 nitrogen and oxygen atoms in total. The highest BCUT2D eigenvalue weighted by Crippen LogP contribution is 2.27. The highest BCUT2D eigenvalue weighted by molar-refractivity contribution is 5.74. The summed E-state index contributed by atoms with van der Waals surface area (Å²) in [5.74, 6) is -3.15. The minimum atomic E-state index is -1.92. The molecule has 0 aromatic heterocycles. The number of esters is 3. The first-order chi connectivity index (χ1) is 42.6. The predicted octanol–water partition coefficient (Wildman–Crippen LogP) is 19.6. The number of hydrogen-bond donors (Lipinski definition) is 3. The van der Waals surface area contributed by atoms with Crippen LogP contribution in [-0.4, -0.2) is 89.2 Å². The Bertz CT molecular complexity index is 1880. The number of ether oxygens (including phenoxy) is 5. The second kappa shape index (κ2) is 61.9. The van der Waals surface area contributed by atoms with Crippen LogP contribution in [0, 0.1) is 0 Å². The number of aliphatic hydroxyl groups excluding tert-OH is 2. The van der Waals surface area contributed by atoms with E-state index in [0.717, 1.165) is 141 Å². The molecule has 12 heteroatoms. The molecule has 0 aromatic carbocycles. The lowest BCUT2D eigenvalue weighted by Crippen LogP contribution is -2.61. The zero-order chi connectivity index (χ0) is 63.1. The van der Waals surface area contributed by atoms with Gasteiger partial charge in [0.2, 0.25) is 0 Å². The molecule has 6 atom stereocenters. The standard InChI is InChI=1S/C75H126O12/c1-4-7-10-13-16-19-22-25-28-31-34-37-40-43-46-49-52-55-58-61-67(76)83-64-66(85-68(77)62-59-56-53-50-47-44-41-38-35-32-29-26-23-20-17-14-11-8-5-2)65-84-75-73(71(80)70(79)72(87-75)74(81)82)86-69(78)63-60-57-54-51-48-45-42-39-36-33-30-27-24-21-18-15-12-9-6-3/h9,12,16,18-19,21,25-30,34,36-37,39,66,70-73,75,79-80H,4-8,10-11,13-15,17,20,22-24,31-33,35,38,40-65H2,1-3H3,(H,81,82)/b12-9-,19-16-,21-18-,28-25-,29-26-,30-27-,37-34-,39-36-. The van der Waals surface area contributed by atoms with Crippen molar-refractivity contribution in [2.24, 2.45) is 0 Å². The van der Waals surface area contributed by atoms with Crippen LogP contribution in [0.4, 0.5) is 0 Å². The van der Waals surface area contributed by atoms with Gasteiger partial charge in [0.25, 0.3) is 0 Å². The van der Waals surface area contributed by atoms with Gasteiger partial charge >= 0.3 is 23.9 Å². The highest BCUT2D eigenvalue weighted by Gasteiger charge is 2.50. The molecule has 1 saturated heterocycles. The third-order valence-electron chi connectivity index (χ3n) is 15.6. The van der Waals surface area contributed by atoms with E-state index in [9.17, 15) is 34.5 Å². The van der Waals surface area contributed by atoms with Gasteiger partial charge in [0.05, 0.1) is 6.61 Å². The van der Waals surface area contributed by atoms with E-state index in [1.165, 1.54) is 103 Å². The van der Waals surface area contributed by atoms with Gasteiger partial charge in [-0.15, -0.1) is 0 Å². The molecule has 1 aliphatic rings. The Kier molecular flexibility index (Phi) is 57.3. The van der Waals surface area contributed by atoms with Crippen LogP contribution in [0.25, 0.3) is 0 Å². The largest absolute Gasteiger partial charge is 0.479 e. The SMILES string of the molecule is CC/C=C\C/C=C\C/C=C\C/C=C\CCCCCCCCC(=O)OC1C(OCC(COC(=O)CCCCCCCC/C=C\C/C=C\C/C=C\CCCCC)OC(=O)CCCCCCCCCCC/C=C\CCCCCCCC)OC(C(=O)O)C(O)C1O. The van der Waals surface area contributed by atoms with Crippen molar-refractivity contribution < 1.29 is 58.2 Å². The van der Waals surface area contributed by atoms with E-state index >= 15 is 0 Å². The monoisotopic (exact) mass is 1220 g/mol. The number of aliphatic hydroxyl groups is 2. The summed E-state index contributed by atoms with van der Waals surface area (Å²) in [5, 5.41) is 31.7. The van der Waals surface area contributed by atoms with Crippen molar-refractivity contribution in [2.75, 3.05) is 13.2 Å². The van der Waals surface area contributed by atoms with E-state index in [1.54, 1.807) is 0 Å². The molecule has 0 aromatic rings. The topological polar surface area (TPSA) is 175 Å². The lowest BCUT2D eigenvalue weighted by molar-refractivity contribution is -0.301. The fraction of sp³-hybridized carbons (Fsp3) is 0.733. The van der Waals surface area contributed by atoms with Gasteiger partial charge in [0.15, 0.2) is 24.6 Å². The van der Waals surface area contributed by atoms with Gasteiger partial charge in [-0.1, -0.05) is 259 Å². The molecule has 87 heavy (non-hydrogen) atoms. The minimum absolute atomic E-state index is 0.0395. The van der Waals surface area contributed by atoms with Crippen LogP contribution in [0.5, 0.6) is 0 Å². The number of aliphatic carboxylic acids is 1. The predicted molar refractivity (Wildman–Crippen MR) is 358 cm³/mol. The number of carbonyl (C=O) groups is 4. The van der Waals surface area contributed by atoms with Crippen LogP contribution in [0.15, 0.2) is 97.2 Å². The van der Waals surface area contributed by atoms with Crippen LogP contribution in [-0.2, 0) is 42.9 Å². The fourth-order valence-corrected chi connectivity index (χ4v) is 10.2. The zero-order valence-electron chi connectivity index (χ0n) is 55.2. The smallest absolute Gasteiger partial charge is 0.335 e. The van der Waals surface area contributed by atoms with Crippen molar-refractivity contribution in [3.8, 4) is 0 Å². The first-order valence-corrected chi connectivity index (χ1v) is 35.2.